The second kappa shape index (κ2) is 9.22. The number of hydrazine groups is 1. The van der Waals surface area contributed by atoms with Crippen molar-refractivity contribution in [2.45, 2.75) is 33.4 Å². The summed E-state index contributed by atoms with van der Waals surface area (Å²) in [6.45, 7) is 4.27. The third-order valence-corrected chi connectivity index (χ3v) is 5.52. The minimum atomic E-state index is -1.14. The second-order valence-electron chi connectivity index (χ2n) is 8.12. The third-order valence-electron chi connectivity index (χ3n) is 5.52. The van der Waals surface area contributed by atoms with Gasteiger partial charge in [0.2, 0.25) is 0 Å². The number of halogens is 4. The van der Waals surface area contributed by atoms with Crippen molar-refractivity contribution in [3.63, 3.8) is 0 Å². The van der Waals surface area contributed by atoms with Gasteiger partial charge in [-0.2, -0.15) is 0 Å². The van der Waals surface area contributed by atoms with Gasteiger partial charge in [0.25, 0.3) is 11.8 Å². The van der Waals surface area contributed by atoms with Crippen LogP contribution < -0.4 is 5.32 Å². The van der Waals surface area contributed by atoms with Crippen molar-refractivity contribution in [3.8, 4) is 0 Å². The number of carbonyl (C=O) groups excluding carboxylic acids is 2. The van der Waals surface area contributed by atoms with Crippen molar-refractivity contribution in [2.24, 2.45) is 5.92 Å². The van der Waals surface area contributed by atoms with Crippen LogP contribution in [0.15, 0.2) is 41.7 Å². The maximum atomic E-state index is 14.3. The van der Waals surface area contributed by atoms with Gasteiger partial charge in [0.1, 0.15) is 23.0 Å². The van der Waals surface area contributed by atoms with Crippen molar-refractivity contribution < 1.29 is 32.3 Å². The van der Waals surface area contributed by atoms with Crippen molar-refractivity contribution in [1.82, 2.24) is 10.0 Å². The fourth-order valence-electron chi connectivity index (χ4n) is 3.74. The molecule has 0 spiro atoms. The van der Waals surface area contributed by atoms with Gasteiger partial charge < -0.3 is 10.4 Å². The van der Waals surface area contributed by atoms with Gasteiger partial charge in [0.15, 0.2) is 11.6 Å². The molecule has 2 N–H and O–H groups in total. The lowest BCUT2D eigenvalue weighted by molar-refractivity contribution is -0.154. The molecule has 176 valence electrons. The maximum Gasteiger partial charge on any atom is 0.277 e. The Labute approximate surface area is 188 Å². The van der Waals surface area contributed by atoms with Gasteiger partial charge in [-0.05, 0) is 31.0 Å². The Hall–Kier alpha value is -3.40. The molecule has 2 amide bonds. The van der Waals surface area contributed by atoms with Crippen LogP contribution in [0.1, 0.15) is 25.0 Å². The zero-order valence-corrected chi connectivity index (χ0v) is 18.4. The summed E-state index contributed by atoms with van der Waals surface area (Å²) in [5.74, 6) is -6.97. The van der Waals surface area contributed by atoms with E-state index in [2.05, 4.69) is 5.32 Å². The Morgan fingerprint density at radius 3 is 2.30 bits per heavy atom. The van der Waals surface area contributed by atoms with Gasteiger partial charge in [-0.3, -0.25) is 14.6 Å². The summed E-state index contributed by atoms with van der Waals surface area (Å²) in [4.78, 5) is 26.1. The highest BCUT2D eigenvalue weighted by Gasteiger charge is 2.42. The molecule has 3 rings (SSSR count). The summed E-state index contributed by atoms with van der Waals surface area (Å²) in [6, 6.07) is 4.41. The van der Waals surface area contributed by atoms with E-state index in [1.165, 1.54) is 31.1 Å². The van der Waals surface area contributed by atoms with Crippen LogP contribution in [0.4, 0.5) is 23.2 Å². The molecule has 0 saturated heterocycles. The van der Waals surface area contributed by atoms with Gasteiger partial charge in [-0.1, -0.05) is 26.0 Å². The lowest BCUT2D eigenvalue weighted by Gasteiger charge is -2.43. The Morgan fingerprint density at radius 2 is 1.73 bits per heavy atom. The van der Waals surface area contributed by atoms with Crippen LogP contribution in [-0.2, 0) is 16.1 Å². The molecule has 0 saturated carbocycles. The van der Waals surface area contributed by atoms with Crippen LogP contribution in [0.25, 0.3) is 0 Å². The van der Waals surface area contributed by atoms with Crippen molar-refractivity contribution in [1.29, 1.82) is 0 Å². The van der Waals surface area contributed by atoms with E-state index >= 15 is 0 Å². The third kappa shape index (κ3) is 4.56. The van der Waals surface area contributed by atoms with E-state index < -0.39 is 59.0 Å². The highest BCUT2D eigenvalue weighted by molar-refractivity contribution is 6.23. The molecule has 1 aliphatic rings. The highest BCUT2D eigenvalue weighted by atomic mass is 19.2. The zero-order chi connectivity index (χ0) is 24.6. The summed E-state index contributed by atoms with van der Waals surface area (Å²) >= 11 is 0. The first kappa shape index (κ1) is 24.2. The van der Waals surface area contributed by atoms with Crippen LogP contribution in [0.5, 0.6) is 0 Å². The molecule has 1 atom stereocenters. The number of nitrogens with one attached hydrogen (secondary N) is 1. The molecule has 6 nitrogen and oxygen atoms in total. The van der Waals surface area contributed by atoms with E-state index in [-0.39, 0.29) is 22.7 Å². The summed E-state index contributed by atoms with van der Waals surface area (Å²) < 4.78 is 55.7. The quantitative estimate of drug-likeness (QED) is 0.513. The molecule has 1 heterocycles. The average molecular weight is 465 g/mol. The van der Waals surface area contributed by atoms with Crippen molar-refractivity contribution in [2.75, 3.05) is 12.4 Å². The predicted molar refractivity (Wildman–Crippen MR) is 113 cm³/mol. The standard InChI is InChI=1S/C23H23F4N3O3/c1-11(2)20-21(31)18(22(32)28-14-8-16(25)12(3)17(26)9-14)23(33)30(29(20)4)10-13-6-5-7-15(24)19(13)27/h5-9,11,20,31H,10H2,1-4H3,(H,28,32). The number of likely N-dealkylation sites (N-methyl/N-ethyl adjacent to an activating group) is 1. The molecular formula is C23H23F4N3O3. The van der Waals surface area contributed by atoms with Gasteiger partial charge in [0, 0.05) is 23.9 Å². The summed E-state index contributed by atoms with van der Waals surface area (Å²) in [7, 11) is 1.47. The van der Waals surface area contributed by atoms with Crippen LogP contribution in [-0.4, -0.2) is 40.0 Å². The highest BCUT2D eigenvalue weighted by Crippen LogP contribution is 2.30. The minimum Gasteiger partial charge on any atom is -0.510 e. The molecule has 0 aromatic heterocycles. The second-order valence-corrected chi connectivity index (χ2v) is 8.12. The largest absolute Gasteiger partial charge is 0.510 e. The van der Waals surface area contributed by atoms with E-state index in [9.17, 15) is 32.3 Å². The molecule has 0 fully saturated rings. The summed E-state index contributed by atoms with van der Waals surface area (Å²) in [5.41, 5.74) is -1.29. The van der Waals surface area contributed by atoms with Crippen LogP contribution >= 0.6 is 0 Å². The smallest absolute Gasteiger partial charge is 0.277 e. The van der Waals surface area contributed by atoms with Gasteiger partial charge in [-0.25, -0.2) is 22.6 Å². The van der Waals surface area contributed by atoms with Crippen LogP contribution in [0.3, 0.4) is 0 Å². The molecule has 1 unspecified atom stereocenters. The number of benzene rings is 2. The van der Waals surface area contributed by atoms with Crippen LogP contribution in [0, 0.1) is 36.1 Å². The first-order chi connectivity index (χ1) is 15.4. The number of hydrogen-bond acceptors (Lipinski definition) is 4. The Balaban J connectivity index is 2.00. The summed E-state index contributed by atoms with van der Waals surface area (Å²) in [6.07, 6.45) is 0. The normalized spacial score (nSPS) is 17.2. The van der Waals surface area contributed by atoms with Gasteiger partial charge >= 0.3 is 0 Å². The molecule has 33 heavy (non-hydrogen) atoms. The molecule has 0 radical (unpaired) electrons. The molecule has 10 heteroatoms. The Kier molecular flexibility index (Phi) is 6.78. The molecule has 0 aliphatic carbocycles. The number of carbonyl (C=O) groups is 2. The number of anilines is 1. The van der Waals surface area contributed by atoms with Gasteiger partial charge in [-0.15, -0.1) is 0 Å². The monoisotopic (exact) mass is 465 g/mol. The van der Waals surface area contributed by atoms with E-state index in [0.29, 0.717) is 0 Å². The Morgan fingerprint density at radius 1 is 1.12 bits per heavy atom. The number of amides is 2. The molecular weight excluding hydrogens is 442 g/mol. The van der Waals surface area contributed by atoms with E-state index in [0.717, 1.165) is 23.2 Å². The topological polar surface area (TPSA) is 72.9 Å². The van der Waals surface area contributed by atoms with Crippen molar-refractivity contribution in [3.05, 3.63) is 76.1 Å². The van der Waals surface area contributed by atoms with Crippen molar-refractivity contribution >= 4 is 17.5 Å². The fraction of sp³-hybridized carbons (Fsp3) is 0.304. The first-order valence-electron chi connectivity index (χ1n) is 10.1. The zero-order valence-electron chi connectivity index (χ0n) is 18.4. The molecule has 1 aliphatic heterocycles. The Bertz CT molecular complexity index is 1130. The summed E-state index contributed by atoms with van der Waals surface area (Å²) in [5, 5.41) is 15.3. The average Bonchev–Trinajstić information content (AvgIpc) is 2.72. The number of nitrogens with zero attached hydrogens (tertiary/aromatic N) is 2. The van der Waals surface area contributed by atoms with Gasteiger partial charge in [0.05, 0.1) is 12.6 Å². The molecule has 0 bridgehead atoms. The van der Waals surface area contributed by atoms with E-state index in [1.807, 2.05) is 0 Å². The lowest BCUT2D eigenvalue weighted by atomic mass is 9.95. The SMILES string of the molecule is Cc1c(F)cc(NC(=O)C2=C(O)C(C(C)C)N(C)N(Cc3cccc(F)c3F)C2=O)cc1F. The minimum absolute atomic E-state index is 0.137. The lowest BCUT2D eigenvalue weighted by Crippen LogP contribution is -2.57. The van der Waals surface area contributed by atoms with E-state index in [4.69, 9.17) is 0 Å². The number of aliphatic hydroxyl groups is 1. The fourth-order valence-corrected chi connectivity index (χ4v) is 3.74. The predicted octanol–water partition coefficient (Wildman–Crippen LogP) is 4.22. The maximum absolute atomic E-state index is 14.3. The molecule has 2 aromatic carbocycles. The van der Waals surface area contributed by atoms with Crippen LogP contribution in [0.2, 0.25) is 0 Å². The molecule has 2 aromatic rings. The van der Waals surface area contributed by atoms with E-state index in [1.54, 1.807) is 13.8 Å². The first-order valence-corrected chi connectivity index (χ1v) is 10.1. The number of hydrogen-bond donors (Lipinski definition) is 2. The number of rotatable bonds is 5. The number of aliphatic hydroxyl groups excluding tert-OH is 1.